The van der Waals surface area contributed by atoms with Crippen LogP contribution in [0.2, 0.25) is 0 Å². The summed E-state index contributed by atoms with van der Waals surface area (Å²) in [5, 5.41) is 2.79. The normalized spacial score (nSPS) is 9.27. The number of nitrogens with one attached hydrogen (secondary N) is 1. The lowest BCUT2D eigenvalue weighted by molar-refractivity contribution is 0.974. The third-order valence-corrected chi connectivity index (χ3v) is 1.10. The Morgan fingerprint density at radius 1 is 1.36 bits per heavy atom. The SMILES string of the molecule is C=Nc1nc(C)nc(NC)n1. The minimum absolute atomic E-state index is 0.349. The molecule has 0 aliphatic heterocycles. The smallest absolute Gasteiger partial charge is 0.253 e. The van der Waals surface area contributed by atoms with Gasteiger partial charge in [-0.05, 0) is 13.6 Å². The summed E-state index contributed by atoms with van der Waals surface area (Å²) >= 11 is 0. The standard InChI is InChI=1S/C6H9N5/c1-4-9-5(7-2)11-6(8-3)10-4/h2H2,1,3H3,(H,8,9,10,11). The van der Waals surface area contributed by atoms with E-state index in [1.807, 2.05) is 0 Å². The molecule has 1 heterocycles. The van der Waals surface area contributed by atoms with Crippen LogP contribution in [0.3, 0.4) is 0 Å². The molecule has 0 aliphatic carbocycles. The Labute approximate surface area is 64.6 Å². The largest absolute Gasteiger partial charge is 0.357 e. The van der Waals surface area contributed by atoms with E-state index in [1.165, 1.54) is 0 Å². The summed E-state index contributed by atoms with van der Waals surface area (Å²) in [6.07, 6.45) is 0. The van der Waals surface area contributed by atoms with Crippen LogP contribution in [0.1, 0.15) is 5.82 Å². The zero-order chi connectivity index (χ0) is 8.27. The molecule has 0 saturated heterocycles. The number of aryl methyl sites for hydroxylation is 1. The van der Waals surface area contributed by atoms with E-state index in [0.717, 1.165) is 0 Å². The van der Waals surface area contributed by atoms with Crippen molar-refractivity contribution in [1.29, 1.82) is 0 Å². The first-order valence-corrected chi connectivity index (χ1v) is 3.13. The fraction of sp³-hybridized carbons (Fsp3) is 0.333. The fourth-order valence-corrected chi connectivity index (χ4v) is 0.650. The zero-order valence-electron chi connectivity index (χ0n) is 6.50. The summed E-state index contributed by atoms with van der Waals surface area (Å²) in [5.41, 5.74) is 0. The van der Waals surface area contributed by atoms with Gasteiger partial charge >= 0.3 is 0 Å². The van der Waals surface area contributed by atoms with E-state index in [-0.39, 0.29) is 0 Å². The van der Waals surface area contributed by atoms with Crippen molar-refractivity contribution < 1.29 is 0 Å². The Bertz CT molecular complexity index is 270. The molecule has 1 aromatic rings. The molecular weight excluding hydrogens is 142 g/mol. The van der Waals surface area contributed by atoms with Crippen molar-refractivity contribution in [2.45, 2.75) is 6.92 Å². The molecule has 1 rings (SSSR count). The van der Waals surface area contributed by atoms with Crippen molar-refractivity contribution in [3.63, 3.8) is 0 Å². The second kappa shape index (κ2) is 3.05. The summed E-state index contributed by atoms with van der Waals surface area (Å²) in [4.78, 5) is 15.4. The summed E-state index contributed by atoms with van der Waals surface area (Å²) in [5.74, 6) is 1.49. The third-order valence-electron chi connectivity index (χ3n) is 1.10. The van der Waals surface area contributed by atoms with Gasteiger partial charge in [-0.25, -0.2) is 4.99 Å². The number of rotatable bonds is 2. The summed E-state index contributed by atoms with van der Waals surface area (Å²) in [6, 6.07) is 0. The molecule has 1 aromatic heterocycles. The van der Waals surface area contributed by atoms with Crippen LogP contribution >= 0.6 is 0 Å². The second-order valence-corrected chi connectivity index (χ2v) is 1.91. The van der Waals surface area contributed by atoms with E-state index in [0.29, 0.717) is 17.7 Å². The highest BCUT2D eigenvalue weighted by Crippen LogP contribution is 2.05. The van der Waals surface area contributed by atoms with Crippen LogP contribution in [0, 0.1) is 6.92 Å². The lowest BCUT2D eigenvalue weighted by atomic mass is 10.7. The minimum Gasteiger partial charge on any atom is -0.357 e. The summed E-state index contributed by atoms with van der Waals surface area (Å²) < 4.78 is 0. The van der Waals surface area contributed by atoms with Crippen molar-refractivity contribution in [1.82, 2.24) is 15.0 Å². The van der Waals surface area contributed by atoms with Gasteiger partial charge in [-0.15, -0.1) is 0 Å². The highest BCUT2D eigenvalue weighted by atomic mass is 15.2. The van der Waals surface area contributed by atoms with Crippen molar-refractivity contribution >= 4 is 18.6 Å². The molecule has 11 heavy (non-hydrogen) atoms. The van der Waals surface area contributed by atoms with E-state index in [9.17, 15) is 0 Å². The Morgan fingerprint density at radius 2 is 2.09 bits per heavy atom. The first kappa shape index (κ1) is 7.59. The number of hydrogen-bond donors (Lipinski definition) is 1. The zero-order valence-corrected chi connectivity index (χ0v) is 6.50. The van der Waals surface area contributed by atoms with Crippen LogP contribution in [0.4, 0.5) is 11.9 Å². The van der Waals surface area contributed by atoms with Gasteiger partial charge in [0.1, 0.15) is 5.82 Å². The van der Waals surface area contributed by atoms with Gasteiger partial charge in [0.15, 0.2) is 0 Å². The molecule has 5 nitrogen and oxygen atoms in total. The summed E-state index contributed by atoms with van der Waals surface area (Å²) in [6.45, 7) is 5.09. The number of aliphatic imine (C=N–C) groups is 1. The number of anilines is 1. The molecule has 0 spiro atoms. The Kier molecular flexibility index (Phi) is 2.10. The number of aromatic nitrogens is 3. The van der Waals surface area contributed by atoms with Gasteiger partial charge in [0, 0.05) is 7.05 Å². The lowest BCUT2D eigenvalue weighted by Crippen LogP contribution is -1.99. The Balaban J connectivity index is 3.11. The van der Waals surface area contributed by atoms with Crippen molar-refractivity contribution in [2.24, 2.45) is 4.99 Å². The first-order chi connectivity index (χ1) is 5.26. The maximum atomic E-state index is 3.98. The van der Waals surface area contributed by atoms with Crippen molar-refractivity contribution in [2.75, 3.05) is 12.4 Å². The van der Waals surface area contributed by atoms with Crippen LogP contribution < -0.4 is 5.32 Å². The molecule has 0 unspecified atom stereocenters. The van der Waals surface area contributed by atoms with E-state index in [1.54, 1.807) is 14.0 Å². The van der Waals surface area contributed by atoms with Crippen LogP contribution in [-0.4, -0.2) is 28.7 Å². The number of hydrogen-bond acceptors (Lipinski definition) is 5. The molecule has 1 N–H and O–H groups in total. The van der Waals surface area contributed by atoms with Gasteiger partial charge in [0.25, 0.3) is 5.95 Å². The molecule has 0 aliphatic rings. The molecule has 0 atom stereocenters. The van der Waals surface area contributed by atoms with Gasteiger partial charge in [0.05, 0.1) is 0 Å². The topological polar surface area (TPSA) is 63.1 Å². The van der Waals surface area contributed by atoms with Crippen molar-refractivity contribution in [3.05, 3.63) is 5.82 Å². The highest BCUT2D eigenvalue weighted by Gasteiger charge is 1.97. The molecule has 58 valence electrons. The van der Waals surface area contributed by atoms with E-state index in [2.05, 4.69) is 32.0 Å². The predicted octanol–water partition coefficient (Wildman–Crippen LogP) is 0.554. The Morgan fingerprint density at radius 3 is 2.64 bits per heavy atom. The van der Waals surface area contributed by atoms with Gasteiger partial charge in [-0.3, -0.25) is 0 Å². The molecule has 0 saturated carbocycles. The highest BCUT2D eigenvalue weighted by molar-refractivity contribution is 5.37. The maximum absolute atomic E-state index is 3.98. The van der Waals surface area contributed by atoms with Gasteiger partial charge in [-0.1, -0.05) is 0 Å². The first-order valence-electron chi connectivity index (χ1n) is 3.13. The minimum atomic E-state index is 0.349. The number of nitrogens with zero attached hydrogens (tertiary/aromatic N) is 4. The second-order valence-electron chi connectivity index (χ2n) is 1.91. The van der Waals surface area contributed by atoms with Gasteiger partial charge in [-0.2, -0.15) is 15.0 Å². The van der Waals surface area contributed by atoms with Crippen LogP contribution in [-0.2, 0) is 0 Å². The van der Waals surface area contributed by atoms with E-state index >= 15 is 0 Å². The molecule has 0 fully saturated rings. The van der Waals surface area contributed by atoms with E-state index in [4.69, 9.17) is 0 Å². The molecule has 0 aromatic carbocycles. The average Bonchev–Trinajstić information content (AvgIpc) is 2.03. The lowest BCUT2D eigenvalue weighted by Gasteiger charge is -1.98. The average molecular weight is 151 g/mol. The van der Waals surface area contributed by atoms with Gasteiger partial charge in [0.2, 0.25) is 5.95 Å². The summed E-state index contributed by atoms with van der Waals surface area (Å²) in [7, 11) is 1.74. The molecule has 0 amide bonds. The van der Waals surface area contributed by atoms with E-state index < -0.39 is 0 Å². The Hall–Kier alpha value is -1.52. The van der Waals surface area contributed by atoms with Crippen LogP contribution in [0.15, 0.2) is 4.99 Å². The maximum Gasteiger partial charge on any atom is 0.253 e. The molecular formula is C6H9N5. The van der Waals surface area contributed by atoms with Crippen LogP contribution in [0.25, 0.3) is 0 Å². The molecule has 5 heteroatoms. The van der Waals surface area contributed by atoms with Crippen LogP contribution in [0.5, 0.6) is 0 Å². The third kappa shape index (κ3) is 1.70. The molecule has 0 radical (unpaired) electrons. The van der Waals surface area contributed by atoms with Crippen molar-refractivity contribution in [3.8, 4) is 0 Å². The fourth-order valence-electron chi connectivity index (χ4n) is 0.650. The molecule has 0 bridgehead atoms. The monoisotopic (exact) mass is 151 g/mol. The van der Waals surface area contributed by atoms with Gasteiger partial charge < -0.3 is 5.32 Å². The quantitative estimate of drug-likeness (QED) is 0.627. The predicted molar refractivity (Wildman–Crippen MR) is 43.3 cm³/mol.